The van der Waals surface area contributed by atoms with Crippen LogP contribution in [0, 0.1) is 11.7 Å². The number of benzene rings is 1. The van der Waals surface area contributed by atoms with Gasteiger partial charge in [-0.15, -0.1) is 5.10 Å². The lowest BCUT2D eigenvalue weighted by atomic mass is 10.0. The molecule has 7 heteroatoms. The summed E-state index contributed by atoms with van der Waals surface area (Å²) < 4.78 is 14.4. The Morgan fingerprint density at radius 1 is 1.29 bits per heavy atom. The Hall–Kier alpha value is -2.31. The third-order valence-corrected chi connectivity index (χ3v) is 3.38. The van der Waals surface area contributed by atoms with Crippen molar-refractivity contribution in [2.24, 2.45) is 5.92 Å². The molecule has 0 aliphatic carbocycles. The van der Waals surface area contributed by atoms with Gasteiger partial charge in [-0.2, -0.15) is 4.68 Å². The van der Waals surface area contributed by atoms with Crippen LogP contribution in [0.3, 0.4) is 0 Å². The molecular formula is C14H18FN5O. The van der Waals surface area contributed by atoms with Gasteiger partial charge >= 0.3 is 0 Å². The van der Waals surface area contributed by atoms with Crippen molar-refractivity contribution in [2.45, 2.75) is 33.2 Å². The molecule has 0 fully saturated rings. The molecule has 0 aliphatic heterocycles. The number of tetrazole rings is 1. The maximum atomic E-state index is 12.9. The van der Waals surface area contributed by atoms with Crippen LogP contribution in [0.2, 0.25) is 0 Å². The van der Waals surface area contributed by atoms with Crippen LogP contribution in [0.15, 0.2) is 24.3 Å². The summed E-state index contributed by atoms with van der Waals surface area (Å²) >= 11 is 0. The largest absolute Gasteiger partial charge is 0.348 e. The number of rotatable bonds is 6. The predicted molar refractivity (Wildman–Crippen MR) is 75.0 cm³/mol. The topological polar surface area (TPSA) is 72.7 Å². The monoisotopic (exact) mass is 291 g/mol. The van der Waals surface area contributed by atoms with E-state index < -0.39 is 0 Å². The Morgan fingerprint density at radius 2 is 1.95 bits per heavy atom. The third-order valence-electron chi connectivity index (χ3n) is 3.38. The zero-order chi connectivity index (χ0) is 15.2. The van der Waals surface area contributed by atoms with E-state index in [4.69, 9.17) is 0 Å². The molecule has 1 N–H and O–H groups in total. The maximum absolute atomic E-state index is 12.9. The fraction of sp³-hybridized carbons (Fsp3) is 0.429. The number of carbonyl (C=O) groups is 1. The van der Waals surface area contributed by atoms with Crippen LogP contribution in [-0.2, 0) is 11.3 Å². The van der Waals surface area contributed by atoms with E-state index in [1.54, 1.807) is 12.1 Å². The summed E-state index contributed by atoms with van der Waals surface area (Å²) in [6.07, 6.45) is 1.59. The Bertz CT molecular complexity index is 592. The van der Waals surface area contributed by atoms with Crippen LogP contribution in [-0.4, -0.2) is 26.1 Å². The third kappa shape index (κ3) is 3.62. The Kier molecular flexibility index (Phi) is 4.97. The normalized spacial score (nSPS) is 10.9. The zero-order valence-corrected chi connectivity index (χ0v) is 12.1. The minimum absolute atomic E-state index is 0.000141. The van der Waals surface area contributed by atoms with Crippen molar-refractivity contribution < 1.29 is 9.18 Å². The van der Waals surface area contributed by atoms with Gasteiger partial charge in [-0.25, -0.2) is 4.39 Å². The summed E-state index contributed by atoms with van der Waals surface area (Å²) in [5, 5.41) is 14.2. The summed E-state index contributed by atoms with van der Waals surface area (Å²) in [5.41, 5.74) is 0.646. The molecule has 0 aliphatic rings. The standard InChI is InChI=1S/C14H18FN5O/c1-3-10(4-2)14(21)16-9-13-17-18-19-20(13)12-7-5-11(15)6-8-12/h5-8,10H,3-4,9H2,1-2H3,(H,16,21). The quantitative estimate of drug-likeness (QED) is 0.881. The number of hydrogen-bond donors (Lipinski definition) is 1. The minimum Gasteiger partial charge on any atom is -0.348 e. The molecule has 0 atom stereocenters. The van der Waals surface area contributed by atoms with E-state index in [1.165, 1.54) is 16.8 Å². The van der Waals surface area contributed by atoms with Crippen molar-refractivity contribution in [2.75, 3.05) is 0 Å². The highest BCUT2D eigenvalue weighted by molar-refractivity contribution is 5.78. The van der Waals surface area contributed by atoms with Gasteiger partial charge in [0.2, 0.25) is 5.91 Å². The van der Waals surface area contributed by atoms with Crippen LogP contribution in [0.1, 0.15) is 32.5 Å². The second-order valence-corrected chi connectivity index (χ2v) is 4.71. The van der Waals surface area contributed by atoms with Crippen molar-refractivity contribution in [1.82, 2.24) is 25.5 Å². The van der Waals surface area contributed by atoms with E-state index in [0.29, 0.717) is 11.5 Å². The maximum Gasteiger partial charge on any atom is 0.223 e. The first kappa shape index (κ1) is 15.1. The van der Waals surface area contributed by atoms with Crippen molar-refractivity contribution in [3.8, 4) is 5.69 Å². The molecule has 0 bridgehead atoms. The van der Waals surface area contributed by atoms with Crippen molar-refractivity contribution in [3.63, 3.8) is 0 Å². The van der Waals surface area contributed by atoms with Crippen molar-refractivity contribution >= 4 is 5.91 Å². The number of aromatic nitrogens is 4. The average molecular weight is 291 g/mol. The molecule has 0 saturated heterocycles. The van der Waals surface area contributed by atoms with Crippen molar-refractivity contribution in [1.29, 1.82) is 0 Å². The molecule has 112 valence electrons. The molecule has 0 radical (unpaired) electrons. The summed E-state index contributed by atoms with van der Waals surface area (Å²) in [4.78, 5) is 12.0. The van der Waals surface area contributed by atoms with Crippen molar-refractivity contribution in [3.05, 3.63) is 35.9 Å². The lowest BCUT2D eigenvalue weighted by Crippen LogP contribution is -2.30. The molecule has 1 aromatic heterocycles. The first-order valence-corrected chi connectivity index (χ1v) is 6.96. The molecule has 21 heavy (non-hydrogen) atoms. The molecule has 2 rings (SSSR count). The van der Waals surface area contributed by atoms with Crippen LogP contribution in [0.25, 0.3) is 5.69 Å². The van der Waals surface area contributed by atoms with E-state index in [0.717, 1.165) is 12.8 Å². The van der Waals surface area contributed by atoms with Gasteiger partial charge < -0.3 is 5.32 Å². The Labute approximate surface area is 122 Å². The number of hydrogen-bond acceptors (Lipinski definition) is 4. The minimum atomic E-state index is -0.324. The lowest BCUT2D eigenvalue weighted by Gasteiger charge is -2.12. The van der Waals surface area contributed by atoms with Crippen LogP contribution < -0.4 is 5.32 Å². The molecular weight excluding hydrogens is 273 g/mol. The van der Waals surface area contributed by atoms with E-state index in [-0.39, 0.29) is 24.2 Å². The van der Waals surface area contributed by atoms with Gasteiger partial charge in [0.05, 0.1) is 12.2 Å². The molecule has 1 heterocycles. The summed E-state index contributed by atoms with van der Waals surface area (Å²) in [7, 11) is 0. The molecule has 1 amide bonds. The van der Waals surface area contributed by atoms with Gasteiger partial charge in [0.15, 0.2) is 5.82 Å². The second-order valence-electron chi connectivity index (χ2n) is 4.71. The van der Waals surface area contributed by atoms with Gasteiger partial charge in [-0.1, -0.05) is 13.8 Å². The van der Waals surface area contributed by atoms with Crippen LogP contribution in [0.5, 0.6) is 0 Å². The highest BCUT2D eigenvalue weighted by Crippen LogP contribution is 2.10. The first-order chi connectivity index (χ1) is 10.2. The van der Waals surface area contributed by atoms with Gasteiger partial charge in [0, 0.05) is 5.92 Å². The number of nitrogens with zero attached hydrogens (tertiary/aromatic N) is 4. The molecule has 0 spiro atoms. The first-order valence-electron chi connectivity index (χ1n) is 6.96. The lowest BCUT2D eigenvalue weighted by molar-refractivity contribution is -0.125. The number of carbonyl (C=O) groups excluding carboxylic acids is 1. The fourth-order valence-electron chi connectivity index (χ4n) is 2.07. The highest BCUT2D eigenvalue weighted by atomic mass is 19.1. The van der Waals surface area contributed by atoms with E-state index in [2.05, 4.69) is 20.8 Å². The fourth-order valence-corrected chi connectivity index (χ4v) is 2.07. The predicted octanol–water partition coefficient (Wildman–Crippen LogP) is 1.85. The summed E-state index contributed by atoms with van der Waals surface area (Å²) in [6.45, 7) is 4.20. The summed E-state index contributed by atoms with van der Waals surface area (Å²) in [6, 6.07) is 5.84. The second kappa shape index (κ2) is 6.92. The average Bonchev–Trinajstić information content (AvgIpc) is 2.95. The van der Waals surface area contributed by atoms with Crippen LogP contribution >= 0.6 is 0 Å². The Balaban J connectivity index is 2.07. The van der Waals surface area contributed by atoms with Gasteiger partial charge in [-0.3, -0.25) is 4.79 Å². The molecule has 0 unspecified atom stereocenters. The highest BCUT2D eigenvalue weighted by Gasteiger charge is 2.15. The van der Waals surface area contributed by atoms with Crippen LogP contribution in [0.4, 0.5) is 4.39 Å². The molecule has 1 aromatic carbocycles. The number of nitrogens with one attached hydrogen (secondary N) is 1. The SMILES string of the molecule is CCC(CC)C(=O)NCc1nnnn1-c1ccc(F)cc1. The van der Waals surface area contributed by atoms with Gasteiger partial charge in [0.25, 0.3) is 0 Å². The van der Waals surface area contributed by atoms with E-state index in [9.17, 15) is 9.18 Å². The number of amides is 1. The van der Waals surface area contributed by atoms with Gasteiger partial charge in [0.1, 0.15) is 5.82 Å². The van der Waals surface area contributed by atoms with E-state index in [1.807, 2.05) is 13.8 Å². The molecule has 6 nitrogen and oxygen atoms in total. The summed E-state index contributed by atoms with van der Waals surface area (Å²) in [5.74, 6) is 0.171. The molecule has 0 saturated carbocycles. The molecule has 2 aromatic rings. The van der Waals surface area contributed by atoms with Gasteiger partial charge in [-0.05, 0) is 47.5 Å². The number of halogens is 1. The Morgan fingerprint density at radius 3 is 2.57 bits per heavy atom. The van der Waals surface area contributed by atoms with E-state index >= 15 is 0 Å². The smallest absolute Gasteiger partial charge is 0.223 e. The zero-order valence-electron chi connectivity index (χ0n) is 12.1.